The van der Waals surface area contributed by atoms with Crippen LogP contribution in [-0.4, -0.2) is 0 Å². The van der Waals surface area contributed by atoms with Gasteiger partial charge in [0.1, 0.15) is 0 Å². The lowest BCUT2D eigenvalue weighted by atomic mass is 9.98. The van der Waals surface area contributed by atoms with Gasteiger partial charge in [0.05, 0.1) is 0 Å². The Morgan fingerprint density at radius 2 is 0.855 bits per heavy atom. The average Bonchev–Trinajstić information content (AvgIpc) is 3.82. The Kier molecular flexibility index (Phi) is 7.61. The predicted octanol–water partition coefficient (Wildman–Crippen LogP) is 16.0. The third kappa shape index (κ3) is 5.60. The van der Waals surface area contributed by atoms with Crippen molar-refractivity contribution in [2.75, 3.05) is 4.90 Å². The first-order chi connectivity index (χ1) is 27.2. The first-order valence-electron chi connectivity index (χ1n) is 18.7. The van der Waals surface area contributed by atoms with Gasteiger partial charge in [-0.05, 0) is 111 Å². The van der Waals surface area contributed by atoms with Crippen LogP contribution in [0.5, 0.6) is 0 Å². The Bertz CT molecular complexity index is 3220. The van der Waals surface area contributed by atoms with Crippen LogP contribution in [0.15, 0.2) is 200 Å². The number of thiophene rings is 2. The van der Waals surface area contributed by atoms with E-state index < -0.39 is 0 Å². The van der Waals surface area contributed by atoms with E-state index in [9.17, 15) is 0 Å². The molecule has 9 aromatic carbocycles. The molecule has 0 amide bonds. The molecule has 0 aliphatic heterocycles. The monoisotopic (exact) mass is 735 g/mol. The summed E-state index contributed by atoms with van der Waals surface area (Å²) >= 11 is 3.73. The maximum Gasteiger partial charge on any atom is 0.0467 e. The van der Waals surface area contributed by atoms with Crippen LogP contribution in [0.25, 0.3) is 84.5 Å². The van der Waals surface area contributed by atoms with Crippen LogP contribution >= 0.6 is 22.7 Å². The molecule has 0 spiro atoms. The number of fused-ring (bicyclic) bond motifs is 7. The van der Waals surface area contributed by atoms with Crippen molar-refractivity contribution in [2.45, 2.75) is 0 Å². The van der Waals surface area contributed by atoms with Gasteiger partial charge in [-0.2, -0.15) is 0 Å². The zero-order valence-electron chi connectivity index (χ0n) is 29.8. The van der Waals surface area contributed by atoms with Gasteiger partial charge >= 0.3 is 0 Å². The second kappa shape index (κ2) is 13.1. The van der Waals surface area contributed by atoms with Crippen LogP contribution < -0.4 is 4.90 Å². The minimum Gasteiger partial charge on any atom is -0.310 e. The molecular weight excluding hydrogens is 703 g/mol. The molecule has 2 aromatic heterocycles. The van der Waals surface area contributed by atoms with Crippen LogP contribution in [0, 0.1) is 0 Å². The van der Waals surface area contributed by atoms with Gasteiger partial charge in [0.15, 0.2) is 0 Å². The highest BCUT2D eigenvalue weighted by Gasteiger charge is 2.17. The van der Waals surface area contributed by atoms with E-state index in [1.165, 1.54) is 84.5 Å². The van der Waals surface area contributed by atoms with Crippen molar-refractivity contribution < 1.29 is 0 Å². The lowest BCUT2D eigenvalue weighted by Gasteiger charge is -2.27. The van der Waals surface area contributed by atoms with Gasteiger partial charge in [-0.1, -0.05) is 133 Å². The molecule has 0 atom stereocenters. The van der Waals surface area contributed by atoms with E-state index in [4.69, 9.17) is 0 Å². The van der Waals surface area contributed by atoms with Crippen LogP contribution in [0.4, 0.5) is 17.1 Å². The van der Waals surface area contributed by atoms with E-state index in [-0.39, 0.29) is 0 Å². The normalized spacial score (nSPS) is 11.6. The first kappa shape index (κ1) is 32.0. The molecule has 0 aliphatic carbocycles. The summed E-state index contributed by atoms with van der Waals surface area (Å²) in [7, 11) is 0. The summed E-state index contributed by atoms with van der Waals surface area (Å²) in [5.41, 5.74) is 10.6. The average molecular weight is 736 g/mol. The van der Waals surface area contributed by atoms with Gasteiger partial charge in [0, 0.05) is 57.4 Å². The molecule has 0 radical (unpaired) electrons. The SMILES string of the molecule is c1cc(-c2ccc3ccccc3c2)cc(N(c2ccc(-c3ccc4c(c3)sc3ccccc34)cc2)c2cccc(-c3cccc4sc5ccccc5c34)c2)c1. The Morgan fingerprint density at radius 1 is 0.291 bits per heavy atom. The topological polar surface area (TPSA) is 3.24 Å². The maximum absolute atomic E-state index is 2.40. The number of anilines is 3. The van der Waals surface area contributed by atoms with Crippen LogP contribution in [-0.2, 0) is 0 Å². The molecular formula is C52H33NS2. The van der Waals surface area contributed by atoms with Crippen molar-refractivity contribution >= 4 is 90.9 Å². The van der Waals surface area contributed by atoms with Gasteiger partial charge in [0.25, 0.3) is 0 Å². The second-order valence-corrected chi connectivity index (χ2v) is 16.3. The highest BCUT2D eigenvalue weighted by atomic mass is 32.1. The molecule has 11 aromatic rings. The standard InChI is InChI=1S/C52H33NS2/c1-2-11-36-30-38(23-22-34(36)10-1)37-12-7-14-42(31-37)53(41-27-24-35(25-28-41)39-26-29-46-45-16-3-5-19-48(45)55-51(46)33-39)43-15-8-13-40(32-43)44-18-9-21-50-52(44)47-17-4-6-20-49(47)54-50/h1-33H. The summed E-state index contributed by atoms with van der Waals surface area (Å²) in [6.07, 6.45) is 0. The third-order valence-electron chi connectivity index (χ3n) is 10.8. The molecule has 0 saturated heterocycles. The second-order valence-electron chi connectivity index (χ2n) is 14.1. The van der Waals surface area contributed by atoms with E-state index in [1.807, 2.05) is 22.7 Å². The molecule has 258 valence electrons. The quantitative estimate of drug-likeness (QED) is 0.164. The fraction of sp³-hybridized carbons (Fsp3) is 0. The lowest BCUT2D eigenvalue weighted by Crippen LogP contribution is -2.10. The van der Waals surface area contributed by atoms with Crippen molar-refractivity contribution in [1.29, 1.82) is 0 Å². The maximum atomic E-state index is 2.40. The van der Waals surface area contributed by atoms with E-state index >= 15 is 0 Å². The van der Waals surface area contributed by atoms with Crippen molar-refractivity contribution in [1.82, 2.24) is 0 Å². The van der Waals surface area contributed by atoms with Crippen molar-refractivity contribution in [3.05, 3.63) is 200 Å². The summed E-state index contributed by atoms with van der Waals surface area (Å²) in [4.78, 5) is 2.40. The molecule has 0 aliphatic rings. The van der Waals surface area contributed by atoms with Crippen molar-refractivity contribution in [3.63, 3.8) is 0 Å². The van der Waals surface area contributed by atoms with Gasteiger partial charge in [-0.25, -0.2) is 0 Å². The van der Waals surface area contributed by atoms with E-state index in [1.54, 1.807) is 0 Å². The largest absolute Gasteiger partial charge is 0.310 e. The number of hydrogen-bond donors (Lipinski definition) is 0. The fourth-order valence-electron chi connectivity index (χ4n) is 8.18. The van der Waals surface area contributed by atoms with E-state index in [0.717, 1.165) is 17.1 Å². The lowest BCUT2D eigenvalue weighted by molar-refractivity contribution is 1.28. The van der Waals surface area contributed by atoms with E-state index in [0.29, 0.717) is 0 Å². The Balaban J connectivity index is 1.04. The number of benzene rings is 9. The van der Waals surface area contributed by atoms with E-state index in [2.05, 4.69) is 205 Å². The zero-order chi connectivity index (χ0) is 36.3. The zero-order valence-corrected chi connectivity index (χ0v) is 31.4. The first-order valence-corrected chi connectivity index (χ1v) is 20.3. The summed E-state index contributed by atoms with van der Waals surface area (Å²) < 4.78 is 5.28. The summed E-state index contributed by atoms with van der Waals surface area (Å²) in [5.74, 6) is 0. The number of nitrogens with zero attached hydrogens (tertiary/aromatic N) is 1. The fourth-order valence-corrected chi connectivity index (χ4v) is 10.5. The molecule has 2 heterocycles. The molecule has 0 unspecified atom stereocenters. The number of rotatable bonds is 6. The summed E-state index contributed by atoms with van der Waals surface area (Å²) in [6, 6.07) is 73.5. The molecule has 1 nitrogen and oxygen atoms in total. The molecule has 55 heavy (non-hydrogen) atoms. The summed E-state index contributed by atoms with van der Waals surface area (Å²) in [6.45, 7) is 0. The predicted molar refractivity (Wildman–Crippen MR) is 241 cm³/mol. The molecule has 0 bridgehead atoms. The molecule has 0 N–H and O–H groups in total. The Hall–Kier alpha value is -6.52. The van der Waals surface area contributed by atoms with Crippen LogP contribution in [0.2, 0.25) is 0 Å². The molecule has 0 saturated carbocycles. The highest BCUT2D eigenvalue weighted by Crippen LogP contribution is 2.43. The minimum absolute atomic E-state index is 1.11. The van der Waals surface area contributed by atoms with Gasteiger partial charge in [-0.3, -0.25) is 0 Å². The minimum atomic E-state index is 1.11. The molecule has 3 heteroatoms. The Labute approximate surface area is 327 Å². The third-order valence-corrected chi connectivity index (χ3v) is 13.1. The van der Waals surface area contributed by atoms with Crippen molar-refractivity contribution in [2.24, 2.45) is 0 Å². The molecule has 11 rings (SSSR count). The van der Waals surface area contributed by atoms with Gasteiger partial charge < -0.3 is 4.90 Å². The van der Waals surface area contributed by atoms with Gasteiger partial charge in [0.2, 0.25) is 0 Å². The van der Waals surface area contributed by atoms with Crippen molar-refractivity contribution in [3.8, 4) is 33.4 Å². The van der Waals surface area contributed by atoms with Gasteiger partial charge in [-0.15, -0.1) is 22.7 Å². The highest BCUT2D eigenvalue weighted by molar-refractivity contribution is 7.26. The number of hydrogen-bond acceptors (Lipinski definition) is 3. The van der Waals surface area contributed by atoms with Crippen LogP contribution in [0.1, 0.15) is 0 Å². The summed E-state index contributed by atoms with van der Waals surface area (Å²) in [5, 5.41) is 7.79. The Morgan fingerprint density at radius 3 is 1.69 bits per heavy atom. The van der Waals surface area contributed by atoms with Crippen LogP contribution in [0.3, 0.4) is 0 Å². The molecule has 0 fully saturated rings. The smallest absolute Gasteiger partial charge is 0.0467 e.